The maximum atomic E-state index is 10.8. The molecule has 0 fully saturated rings. The minimum Gasteiger partial charge on any atom is -0.508 e. The number of phenols is 6. The molecule has 4 rings (SSSR count). The SMILES string of the molecule is CC(C)=CCc1c(O)cc(/C=C/c2ccc(O)cc2)c(CC=C(C)C)c1O.CC(C)=CCc1c(O)cc(CCc2ccc(O)cc2)cc1O. The second-order valence-corrected chi connectivity index (χ2v) is 13.0. The Morgan fingerprint density at radius 3 is 1.41 bits per heavy atom. The number of aromatic hydroxyl groups is 6. The van der Waals surface area contributed by atoms with E-state index in [1.807, 2.05) is 90.1 Å². The summed E-state index contributed by atoms with van der Waals surface area (Å²) in [4.78, 5) is 0. The number of aryl methyl sites for hydroxylation is 2. The molecule has 0 bridgehead atoms. The van der Waals surface area contributed by atoms with Crippen molar-refractivity contribution in [2.24, 2.45) is 0 Å². The summed E-state index contributed by atoms with van der Waals surface area (Å²) in [5, 5.41) is 60.1. The summed E-state index contributed by atoms with van der Waals surface area (Å²) in [6.45, 7) is 12.0. The molecule has 258 valence electrons. The Morgan fingerprint density at radius 2 is 0.898 bits per heavy atom. The monoisotopic (exact) mass is 662 g/mol. The van der Waals surface area contributed by atoms with Crippen molar-refractivity contribution in [3.63, 3.8) is 0 Å². The van der Waals surface area contributed by atoms with Gasteiger partial charge in [-0.2, -0.15) is 0 Å². The van der Waals surface area contributed by atoms with Gasteiger partial charge in [0.2, 0.25) is 0 Å². The van der Waals surface area contributed by atoms with E-state index in [0.717, 1.165) is 51.8 Å². The van der Waals surface area contributed by atoms with Crippen molar-refractivity contribution in [3.05, 3.63) is 141 Å². The lowest BCUT2D eigenvalue weighted by atomic mass is 9.95. The van der Waals surface area contributed by atoms with Gasteiger partial charge >= 0.3 is 0 Å². The first-order chi connectivity index (χ1) is 23.2. The standard InChI is InChI=1S/C24H28O3.C19H22O3/c1-16(2)5-13-21-19(10-7-18-8-11-20(25)12-9-18)15-23(26)22(24(21)27)14-6-17(3)4;1-13(2)3-10-17-18(21)11-15(12-19(17)22)5-4-14-6-8-16(20)9-7-14/h5-12,15,25-27H,13-14H2,1-4H3;3,6-9,11-12,20-22H,4-5,10H2,1-2H3/b10-7+;. The van der Waals surface area contributed by atoms with Crippen LogP contribution < -0.4 is 0 Å². The van der Waals surface area contributed by atoms with E-state index in [0.29, 0.717) is 30.4 Å². The van der Waals surface area contributed by atoms with Crippen molar-refractivity contribution < 1.29 is 30.6 Å². The molecule has 4 aromatic carbocycles. The highest BCUT2D eigenvalue weighted by Crippen LogP contribution is 2.36. The van der Waals surface area contributed by atoms with Gasteiger partial charge < -0.3 is 30.6 Å². The summed E-state index contributed by atoms with van der Waals surface area (Å²) < 4.78 is 0. The van der Waals surface area contributed by atoms with E-state index in [1.165, 1.54) is 5.57 Å². The number of allylic oxidation sites excluding steroid dienone is 6. The Hall–Kier alpha value is -5.36. The third-order valence-corrected chi connectivity index (χ3v) is 7.91. The topological polar surface area (TPSA) is 121 Å². The third-order valence-electron chi connectivity index (χ3n) is 7.91. The normalized spacial score (nSPS) is 10.7. The van der Waals surface area contributed by atoms with Gasteiger partial charge in [-0.15, -0.1) is 0 Å². The van der Waals surface area contributed by atoms with E-state index in [-0.39, 0.29) is 34.5 Å². The van der Waals surface area contributed by atoms with Crippen LogP contribution >= 0.6 is 0 Å². The molecule has 0 saturated heterocycles. The van der Waals surface area contributed by atoms with Gasteiger partial charge in [0.25, 0.3) is 0 Å². The van der Waals surface area contributed by atoms with Gasteiger partial charge in [-0.05, 0) is 138 Å². The molecule has 0 aliphatic carbocycles. The van der Waals surface area contributed by atoms with Gasteiger partial charge in [0.05, 0.1) is 0 Å². The van der Waals surface area contributed by atoms with E-state index in [1.54, 1.807) is 42.5 Å². The van der Waals surface area contributed by atoms with Gasteiger partial charge in [0.1, 0.15) is 34.5 Å². The van der Waals surface area contributed by atoms with Crippen LogP contribution in [0.1, 0.15) is 80.5 Å². The molecule has 0 amide bonds. The largest absolute Gasteiger partial charge is 0.508 e. The fourth-order valence-corrected chi connectivity index (χ4v) is 5.02. The smallest absolute Gasteiger partial charge is 0.126 e. The first-order valence-corrected chi connectivity index (χ1v) is 16.5. The highest BCUT2D eigenvalue weighted by molar-refractivity contribution is 5.74. The van der Waals surface area contributed by atoms with Crippen molar-refractivity contribution in [1.29, 1.82) is 0 Å². The Balaban J connectivity index is 0.000000271. The summed E-state index contributed by atoms with van der Waals surface area (Å²) in [7, 11) is 0. The number of hydrogen-bond acceptors (Lipinski definition) is 6. The minimum absolute atomic E-state index is 0.0938. The fourth-order valence-electron chi connectivity index (χ4n) is 5.02. The van der Waals surface area contributed by atoms with Crippen molar-refractivity contribution >= 4 is 12.2 Å². The third kappa shape index (κ3) is 12.3. The molecule has 6 N–H and O–H groups in total. The molecule has 0 radical (unpaired) electrons. The summed E-state index contributed by atoms with van der Waals surface area (Å²) in [5.41, 5.74) is 9.05. The van der Waals surface area contributed by atoms with Crippen molar-refractivity contribution in [1.82, 2.24) is 0 Å². The van der Waals surface area contributed by atoms with E-state index in [2.05, 4.69) is 6.08 Å². The summed E-state index contributed by atoms with van der Waals surface area (Å²) in [5.74, 6) is 0.987. The lowest BCUT2D eigenvalue weighted by Crippen LogP contribution is -1.95. The van der Waals surface area contributed by atoms with Gasteiger partial charge in [-0.3, -0.25) is 0 Å². The lowest BCUT2D eigenvalue weighted by molar-refractivity contribution is 0.436. The van der Waals surface area contributed by atoms with Crippen LogP contribution in [0.5, 0.6) is 34.5 Å². The number of phenolic OH excluding ortho intramolecular Hbond substituents is 6. The lowest BCUT2D eigenvalue weighted by Gasteiger charge is -2.14. The van der Waals surface area contributed by atoms with Crippen LogP contribution in [0.25, 0.3) is 12.2 Å². The Labute approximate surface area is 291 Å². The molecule has 4 aromatic rings. The minimum atomic E-state index is 0.0938. The van der Waals surface area contributed by atoms with E-state index >= 15 is 0 Å². The number of rotatable bonds is 11. The molecule has 0 spiro atoms. The Bertz CT molecular complexity index is 1790. The molecular weight excluding hydrogens is 612 g/mol. The van der Waals surface area contributed by atoms with E-state index < -0.39 is 0 Å². The molecule has 0 saturated carbocycles. The quantitative estimate of drug-likeness (QED) is 0.0702. The average Bonchev–Trinajstić information content (AvgIpc) is 3.03. The summed E-state index contributed by atoms with van der Waals surface area (Å²) in [6.07, 6.45) is 12.9. The van der Waals surface area contributed by atoms with Crippen LogP contribution in [-0.2, 0) is 32.1 Å². The fraction of sp³-hybridized carbons (Fsp3) is 0.256. The first kappa shape index (κ1) is 38.1. The Morgan fingerprint density at radius 1 is 0.469 bits per heavy atom. The van der Waals surface area contributed by atoms with Crippen LogP contribution in [0.15, 0.2) is 102 Å². The first-order valence-electron chi connectivity index (χ1n) is 16.5. The Kier molecular flexibility index (Phi) is 14.2. The van der Waals surface area contributed by atoms with Crippen molar-refractivity contribution in [3.8, 4) is 34.5 Å². The molecular formula is C43H50O6. The summed E-state index contributed by atoms with van der Waals surface area (Å²) in [6, 6.07) is 19.1. The van der Waals surface area contributed by atoms with Gasteiger partial charge in [0.15, 0.2) is 0 Å². The molecule has 0 atom stereocenters. The molecule has 0 aromatic heterocycles. The highest BCUT2D eigenvalue weighted by atomic mass is 16.3. The van der Waals surface area contributed by atoms with Crippen LogP contribution in [0.4, 0.5) is 0 Å². The van der Waals surface area contributed by atoms with Gasteiger partial charge in [-0.1, -0.05) is 71.4 Å². The summed E-state index contributed by atoms with van der Waals surface area (Å²) >= 11 is 0. The predicted octanol–water partition coefficient (Wildman–Crippen LogP) is 10.1. The maximum Gasteiger partial charge on any atom is 0.126 e. The highest BCUT2D eigenvalue weighted by Gasteiger charge is 2.15. The predicted molar refractivity (Wildman–Crippen MR) is 201 cm³/mol. The van der Waals surface area contributed by atoms with Gasteiger partial charge in [0, 0.05) is 16.7 Å². The second-order valence-electron chi connectivity index (χ2n) is 13.0. The zero-order chi connectivity index (χ0) is 36.1. The zero-order valence-corrected chi connectivity index (χ0v) is 29.5. The molecule has 0 aliphatic heterocycles. The van der Waals surface area contributed by atoms with Crippen LogP contribution in [-0.4, -0.2) is 30.6 Å². The molecule has 6 nitrogen and oxygen atoms in total. The molecule has 49 heavy (non-hydrogen) atoms. The van der Waals surface area contributed by atoms with Crippen LogP contribution in [0.2, 0.25) is 0 Å². The van der Waals surface area contributed by atoms with E-state index in [4.69, 9.17) is 0 Å². The van der Waals surface area contributed by atoms with Crippen LogP contribution in [0.3, 0.4) is 0 Å². The van der Waals surface area contributed by atoms with Crippen molar-refractivity contribution in [2.45, 2.75) is 73.6 Å². The zero-order valence-electron chi connectivity index (χ0n) is 29.5. The van der Waals surface area contributed by atoms with Gasteiger partial charge in [-0.25, -0.2) is 0 Å². The maximum absolute atomic E-state index is 10.8. The number of hydrogen-bond donors (Lipinski definition) is 6. The molecule has 0 aliphatic rings. The molecule has 6 heteroatoms. The second kappa shape index (κ2) is 18.3. The molecule has 0 unspecified atom stereocenters. The average molecular weight is 663 g/mol. The van der Waals surface area contributed by atoms with Crippen LogP contribution in [0, 0.1) is 0 Å². The van der Waals surface area contributed by atoms with E-state index in [9.17, 15) is 30.6 Å². The number of benzene rings is 4. The molecule has 0 heterocycles. The van der Waals surface area contributed by atoms with Crippen molar-refractivity contribution in [2.75, 3.05) is 0 Å².